The minimum absolute atomic E-state index is 0.110. The number of thiocarbonyl (C=S) groups is 1. The molecule has 0 radical (unpaired) electrons. The monoisotopic (exact) mass is 429 g/mol. The van der Waals surface area contributed by atoms with Crippen LogP contribution >= 0.6 is 12.2 Å². The Hall–Kier alpha value is -3.51. The maximum absolute atomic E-state index is 12.8. The van der Waals surface area contributed by atoms with Crippen LogP contribution in [0.5, 0.6) is 0 Å². The van der Waals surface area contributed by atoms with Crippen LogP contribution in [-0.4, -0.2) is 15.9 Å². The van der Waals surface area contributed by atoms with Crippen molar-refractivity contribution in [2.24, 2.45) is 0 Å². The molecule has 31 heavy (non-hydrogen) atoms. The highest BCUT2D eigenvalue weighted by molar-refractivity contribution is 7.80. The van der Waals surface area contributed by atoms with Gasteiger partial charge in [0.1, 0.15) is 5.52 Å². The topological polar surface area (TPSA) is 67.2 Å². The highest BCUT2D eigenvalue weighted by Gasteiger charge is 2.26. The number of nitrogens with one attached hydrogen (secondary N) is 2. The third-order valence-corrected chi connectivity index (χ3v) is 5.36. The fraction of sp³-hybridized carbons (Fsp3) is 0.160. The molecule has 1 aromatic heterocycles. The SMILES string of the molecule is Cc1ccc(NC(=O)CC(C(=S)Nc2ccc(C)cc2)c2nc3ccccc3o2)cc1. The number of oxazole rings is 1. The van der Waals surface area contributed by atoms with Gasteiger partial charge in [-0.3, -0.25) is 4.79 Å². The Labute approximate surface area is 186 Å². The Morgan fingerprint density at radius 2 is 1.48 bits per heavy atom. The molecule has 4 aromatic rings. The quantitative estimate of drug-likeness (QED) is 0.368. The zero-order valence-electron chi connectivity index (χ0n) is 17.4. The van der Waals surface area contributed by atoms with Gasteiger partial charge < -0.3 is 15.1 Å². The second-order valence-electron chi connectivity index (χ2n) is 7.55. The summed E-state index contributed by atoms with van der Waals surface area (Å²) >= 11 is 5.69. The first-order chi connectivity index (χ1) is 15.0. The van der Waals surface area contributed by atoms with E-state index in [1.54, 1.807) is 0 Å². The van der Waals surface area contributed by atoms with E-state index in [1.807, 2.05) is 86.6 Å². The van der Waals surface area contributed by atoms with Crippen molar-refractivity contribution in [2.75, 3.05) is 10.6 Å². The molecule has 0 bridgehead atoms. The number of nitrogens with zero attached hydrogens (tertiary/aromatic N) is 1. The number of carbonyl (C=O) groups excluding carboxylic acids is 1. The van der Waals surface area contributed by atoms with E-state index in [1.165, 1.54) is 0 Å². The summed E-state index contributed by atoms with van der Waals surface area (Å²) in [5.74, 6) is -0.247. The van der Waals surface area contributed by atoms with Gasteiger partial charge in [0.05, 0.1) is 10.9 Å². The molecule has 1 unspecified atom stereocenters. The number of para-hydroxylation sites is 2. The van der Waals surface area contributed by atoms with Crippen LogP contribution < -0.4 is 10.6 Å². The van der Waals surface area contributed by atoms with Gasteiger partial charge in [0.2, 0.25) is 11.8 Å². The summed E-state index contributed by atoms with van der Waals surface area (Å²) < 4.78 is 5.96. The van der Waals surface area contributed by atoms with Gasteiger partial charge in [-0.15, -0.1) is 0 Å². The molecular formula is C25H23N3O2S. The first-order valence-corrected chi connectivity index (χ1v) is 10.5. The maximum Gasteiger partial charge on any atom is 0.225 e. The largest absolute Gasteiger partial charge is 0.440 e. The highest BCUT2D eigenvalue weighted by Crippen LogP contribution is 2.27. The fourth-order valence-corrected chi connectivity index (χ4v) is 3.53. The summed E-state index contributed by atoms with van der Waals surface area (Å²) in [6, 6.07) is 23.1. The van der Waals surface area contributed by atoms with Gasteiger partial charge >= 0.3 is 0 Å². The van der Waals surface area contributed by atoms with Crippen LogP contribution in [-0.2, 0) is 4.79 Å². The number of aromatic nitrogens is 1. The Morgan fingerprint density at radius 1 is 0.903 bits per heavy atom. The molecule has 0 aliphatic heterocycles. The molecule has 1 heterocycles. The van der Waals surface area contributed by atoms with E-state index in [0.29, 0.717) is 16.5 Å². The molecular weight excluding hydrogens is 406 g/mol. The molecule has 0 aliphatic carbocycles. The van der Waals surface area contributed by atoms with Crippen molar-refractivity contribution < 1.29 is 9.21 Å². The van der Waals surface area contributed by atoms with Crippen LogP contribution in [0.2, 0.25) is 0 Å². The molecule has 2 N–H and O–H groups in total. The minimum Gasteiger partial charge on any atom is -0.440 e. The van der Waals surface area contributed by atoms with E-state index >= 15 is 0 Å². The number of carbonyl (C=O) groups is 1. The van der Waals surface area contributed by atoms with Crippen molar-refractivity contribution in [3.63, 3.8) is 0 Å². The average Bonchev–Trinajstić information content (AvgIpc) is 3.19. The third kappa shape index (κ3) is 5.16. The van der Waals surface area contributed by atoms with Gasteiger partial charge in [0.15, 0.2) is 5.58 Å². The Bertz CT molecular complexity index is 1180. The van der Waals surface area contributed by atoms with Crippen molar-refractivity contribution in [2.45, 2.75) is 26.2 Å². The number of fused-ring (bicyclic) bond motifs is 1. The predicted octanol–water partition coefficient (Wildman–Crippen LogP) is 6.00. The van der Waals surface area contributed by atoms with Crippen LogP contribution in [0, 0.1) is 13.8 Å². The standard InChI is InChI=1S/C25H23N3O2S/c1-16-7-11-18(12-8-16)26-23(29)15-20(24-28-21-5-3-4-6-22(21)30-24)25(31)27-19-13-9-17(2)10-14-19/h3-14,20H,15H2,1-2H3,(H,26,29)(H,27,31). The van der Waals surface area contributed by atoms with E-state index < -0.39 is 5.92 Å². The number of aryl methyl sites for hydroxylation is 2. The van der Waals surface area contributed by atoms with Crippen LogP contribution in [0.25, 0.3) is 11.1 Å². The Kier molecular flexibility index (Phi) is 6.09. The smallest absolute Gasteiger partial charge is 0.225 e. The lowest BCUT2D eigenvalue weighted by atomic mass is 10.0. The molecule has 156 valence electrons. The van der Waals surface area contributed by atoms with Crippen molar-refractivity contribution in [1.82, 2.24) is 4.98 Å². The number of rotatable bonds is 6. The van der Waals surface area contributed by atoms with E-state index in [9.17, 15) is 4.79 Å². The van der Waals surface area contributed by atoms with Crippen molar-refractivity contribution in [3.05, 3.63) is 89.8 Å². The van der Waals surface area contributed by atoms with E-state index in [2.05, 4.69) is 15.6 Å². The first kappa shape index (κ1) is 20.8. The molecule has 3 aromatic carbocycles. The summed E-state index contributed by atoms with van der Waals surface area (Å²) in [7, 11) is 0. The van der Waals surface area contributed by atoms with Crippen LogP contribution in [0.4, 0.5) is 11.4 Å². The van der Waals surface area contributed by atoms with Crippen LogP contribution in [0.1, 0.15) is 29.4 Å². The summed E-state index contributed by atoms with van der Waals surface area (Å²) in [4.78, 5) is 17.9. The maximum atomic E-state index is 12.8. The summed E-state index contributed by atoms with van der Waals surface area (Å²) in [5.41, 5.74) is 5.29. The highest BCUT2D eigenvalue weighted by atomic mass is 32.1. The number of benzene rings is 3. The van der Waals surface area contributed by atoms with E-state index in [4.69, 9.17) is 16.6 Å². The molecule has 0 saturated carbocycles. The third-order valence-electron chi connectivity index (χ3n) is 4.97. The zero-order valence-corrected chi connectivity index (χ0v) is 18.2. The first-order valence-electron chi connectivity index (χ1n) is 10.1. The van der Waals surface area contributed by atoms with Crippen LogP contribution in [0.15, 0.2) is 77.2 Å². The second kappa shape index (κ2) is 9.10. The number of anilines is 2. The summed E-state index contributed by atoms with van der Waals surface area (Å²) in [6.45, 7) is 4.03. The fourth-order valence-electron chi connectivity index (χ4n) is 3.23. The summed E-state index contributed by atoms with van der Waals surface area (Å²) in [5, 5.41) is 6.17. The molecule has 4 rings (SSSR count). The molecule has 0 aliphatic rings. The van der Waals surface area contributed by atoms with Crippen molar-refractivity contribution in [1.29, 1.82) is 0 Å². The van der Waals surface area contributed by atoms with Gasteiger partial charge in [-0.1, -0.05) is 59.7 Å². The lowest BCUT2D eigenvalue weighted by Crippen LogP contribution is -2.25. The number of amides is 1. The van der Waals surface area contributed by atoms with Gasteiger partial charge in [0.25, 0.3) is 0 Å². The lowest BCUT2D eigenvalue weighted by molar-refractivity contribution is -0.116. The summed E-state index contributed by atoms with van der Waals surface area (Å²) in [6.07, 6.45) is 0.110. The molecule has 6 heteroatoms. The number of hydrogen-bond donors (Lipinski definition) is 2. The van der Waals surface area contributed by atoms with E-state index in [0.717, 1.165) is 28.0 Å². The van der Waals surface area contributed by atoms with Crippen LogP contribution in [0.3, 0.4) is 0 Å². The predicted molar refractivity (Wildman–Crippen MR) is 129 cm³/mol. The van der Waals surface area contributed by atoms with Crippen molar-refractivity contribution in [3.8, 4) is 0 Å². The Balaban J connectivity index is 1.58. The molecule has 5 nitrogen and oxygen atoms in total. The van der Waals surface area contributed by atoms with E-state index in [-0.39, 0.29) is 12.3 Å². The van der Waals surface area contributed by atoms with Gasteiger partial charge in [-0.25, -0.2) is 4.98 Å². The van der Waals surface area contributed by atoms with Gasteiger partial charge in [-0.2, -0.15) is 0 Å². The Morgan fingerprint density at radius 3 is 2.10 bits per heavy atom. The average molecular weight is 430 g/mol. The van der Waals surface area contributed by atoms with Gasteiger partial charge in [-0.05, 0) is 50.2 Å². The lowest BCUT2D eigenvalue weighted by Gasteiger charge is -2.17. The second-order valence-corrected chi connectivity index (χ2v) is 7.99. The zero-order chi connectivity index (χ0) is 21.8. The molecule has 0 fully saturated rings. The molecule has 1 atom stereocenters. The molecule has 0 spiro atoms. The minimum atomic E-state index is -0.505. The number of hydrogen-bond acceptors (Lipinski definition) is 4. The van der Waals surface area contributed by atoms with Crippen molar-refractivity contribution >= 4 is 45.6 Å². The molecule has 1 amide bonds. The van der Waals surface area contributed by atoms with Gasteiger partial charge in [0, 0.05) is 17.8 Å². The normalized spacial score (nSPS) is 11.8. The molecule has 0 saturated heterocycles.